The lowest BCUT2D eigenvalue weighted by Crippen LogP contribution is -2.46. The summed E-state index contributed by atoms with van der Waals surface area (Å²) < 4.78 is 97.9. The summed E-state index contributed by atoms with van der Waals surface area (Å²) in [6.45, 7) is 3.82. The van der Waals surface area contributed by atoms with Crippen molar-refractivity contribution in [3.05, 3.63) is 12.2 Å². The third-order valence-electron chi connectivity index (χ3n) is 3.50. The molecule has 1 saturated heterocycles. The van der Waals surface area contributed by atoms with Gasteiger partial charge in [0.2, 0.25) is 0 Å². The quantitative estimate of drug-likeness (QED) is 0.169. The van der Waals surface area contributed by atoms with Crippen LogP contribution in [0.3, 0.4) is 0 Å². The lowest BCUT2D eigenvalue weighted by molar-refractivity contribution is -0.165. The largest absolute Gasteiger partial charge is 0.743 e. The lowest BCUT2D eigenvalue weighted by atomic mass is 10.1. The first-order valence-corrected chi connectivity index (χ1v) is 9.04. The van der Waals surface area contributed by atoms with Gasteiger partial charge in [-0.2, -0.15) is 17.6 Å². The number of rotatable bonds is 11. The molecule has 0 bridgehead atoms. The van der Waals surface area contributed by atoms with E-state index in [2.05, 4.69) is 6.58 Å². The maximum Gasteiger partial charge on any atom is 0.396 e. The van der Waals surface area contributed by atoms with Crippen molar-refractivity contribution >= 4 is 16.1 Å². The molecule has 26 heavy (non-hydrogen) atoms. The summed E-state index contributed by atoms with van der Waals surface area (Å²) in [7, 11) is -6.47. The second-order valence-corrected chi connectivity index (χ2v) is 7.10. The van der Waals surface area contributed by atoms with Gasteiger partial charge in [-0.3, -0.25) is 0 Å². The second-order valence-electron chi connectivity index (χ2n) is 5.68. The maximum absolute atomic E-state index is 13.2. The smallest absolute Gasteiger partial charge is 0.396 e. The Morgan fingerprint density at radius 1 is 1.27 bits per heavy atom. The summed E-state index contributed by atoms with van der Waals surface area (Å²) >= 11 is 0. The molecule has 0 aromatic carbocycles. The summed E-state index contributed by atoms with van der Waals surface area (Å²) in [6.07, 6.45) is -1.94. The molecule has 1 fully saturated rings. The Balaban J connectivity index is 2.24. The van der Waals surface area contributed by atoms with Gasteiger partial charge in [0, 0.05) is 19.4 Å². The molecular formula is C14H19F4O7S-. The fourth-order valence-corrected chi connectivity index (χ4v) is 2.44. The van der Waals surface area contributed by atoms with E-state index < -0.39 is 40.1 Å². The normalized spacial score (nSPS) is 18.7. The number of unbranched alkanes of at least 4 members (excludes halogenated alkanes) is 1. The average molecular weight is 407 g/mol. The molecule has 0 aliphatic carbocycles. The van der Waals surface area contributed by atoms with Gasteiger partial charge in [-0.1, -0.05) is 6.58 Å². The van der Waals surface area contributed by atoms with Crippen LogP contribution in [0.4, 0.5) is 17.6 Å². The Hall–Kier alpha value is -1.24. The number of hydrogen-bond donors (Lipinski definition) is 0. The van der Waals surface area contributed by atoms with Gasteiger partial charge in [0.25, 0.3) is 0 Å². The highest BCUT2D eigenvalue weighted by atomic mass is 32.2. The van der Waals surface area contributed by atoms with E-state index in [1.165, 1.54) is 0 Å². The first kappa shape index (κ1) is 22.8. The fraction of sp³-hybridized carbons (Fsp3) is 0.786. The van der Waals surface area contributed by atoms with E-state index in [0.717, 1.165) is 0 Å². The van der Waals surface area contributed by atoms with Crippen molar-refractivity contribution < 1.29 is 49.5 Å². The number of hydrogen-bond acceptors (Lipinski definition) is 7. The van der Waals surface area contributed by atoms with E-state index in [1.807, 2.05) is 0 Å². The second kappa shape index (κ2) is 9.11. The van der Waals surface area contributed by atoms with Crippen LogP contribution in [0, 0.1) is 0 Å². The van der Waals surface area contributed by atoms with Crippen LogP contribution in [-0.2, 0) is 29.1 Å². The Labute approximate surface area is 148 Å². The van der Waals surface area contributed by atoms with Gasteiger partial charge in [0.1, 0.15) is 6.10 Å². The number of carbonyl (C=O) groups excluding carboxylic acids is 1. The molecule has 7 nitrogen and oxygen atoms in total. The van der Waals surface area contributed by atoms with Crippen LogP contribution in [-0.4, -0.2) is 62.6 Å². The van der Waals surface area contributed by atoms with Gasteiger partial charge >= 0.3 is 17.1 Å². The molecule has 1 atom stereocenters. The van der Waals surface area contributed by atoms with Crippen LogP contribution in [0.1, 0.15) is 25.7 Å². The van der Waals surface area contributed by atoms with E-state index in [4.69, 9.17) is 14.2 Å². The summed E-state index contributed by atoms with van der Waals surface area (Å²) in [4.78, 5) is 11.6. The van der Waals surface area contributed by atoms with E-state index in [9.17, 15) is 35.3 Å². The molecule has 1 unspecified atom stereocenters. The van der Waals surface area contributed by atoms with Crippen LogP contribution in [0.25, 0.3) is 0 Å². The van der Waals surface area contributed by atoms with Crippen LogP contribution in [0.2, 0.25) is 0 Å². The SMILES string of the molecule is C=C(COCCCCC(F)(F)C(F)(F)S(=O)(=O)[O-])C(=O)OC1CCOC1. The van der Waals surface area contributed by atoms with Crippen molar-refractivity contribution in [1.82, 2.24) is 0 Å². The monoisotopic (exact) mass is 407 g/mol. The minimum Gasteiger partial charge on any atom is -0.743 e. The topological polar surface area (TPSA) is 102 Å². The average Bonchev–Trinajstić information content (AvgIpc) is 3.01. The van der Waals surface area contributed by atoms with Gasteiger partial charge in [0.05, 0.1) is 25.4 Å². The van der Waals surface area contributed by atoms with E-state index >= 15 is 0 Å². The Bertz CT molecular complexity index is 600. The Morgan fingerprint density at radius 2 is 1.92 bits per heavy atom. The predicted molar refractivity (Wildman–Crippen MR) is 78.7 cm³/mol. The number of ether oxygens (including phenoxy) is 3. The Morgan fingerprint density at radius 3 is 2.46 bits per heavy atom. The van der Waals surface area contributed by atoms with E-state index in [0.29, 0.717) is 13.0 Å². The van der Waals surface area contributed by atoms with Gasteiger partial charge < -0.3 is 18.8 Å². The van der Waals surface area contributed by atoms with Gasteiger partial charge in [0.15, 0.2) is 10.1 Å². The molecule has 1 heterocycles. The highest BCUT2D eigenvalue weighted by molar-refractivity contribution is 7.86. The van der Waals surface area contributed by atoms with Gasteiger partial charge in [-0.15, -0.1) is 0 Å². The zero-order valence-electron chi connectivity index (χ0n) is 13.7. The highest BCUT2D eigenvalue weighted by Gasteiger charge is 2.60. The Kier molecular flexibility index (Phi) is 7.99. The molecular weight excluding hydrogens is 388 g/mol. The van der Waals surface area contributed by atoms with Crippen LogP contribution >= 0.6 is 0 Å². The molecule has 0 aromatic rings. The first-order valence-electron chi connectivity index (χ1n) is 7.64. The van der Waals surface area contributed by atoms with Gasteiger partial charge in [-0.25, -0.2) is 13.2 Å². The number of carbonyl (C=O) groups is 1. The third kappa shape index (κ3) is 6.18. The molecule has 1 aliphatic rings. The van der Waals surface area contributed by atoms with E-state index in [-0.39, 0.29) is 37.9 Å². The summed E-state index contributed by atoms with van der Waals surface area (Å²) in [5.41, 5.74) is -0.00814. The molecule has 0 saturated carbocycles. The van der Waals surface area contributed by atoms with Crippen LogP contribution in [0.15, 0.2) is 12.2 Å². The lowest BCUT2D eigenvalue weighted by Gasteiger charge is -2.28. The van der Waals surface area contributed by atoms with Crippen molar-refractivity contribution in [2.45, 2.75) is 43.0 Å². The first-order chi connectivity index (χ1) is 11.9. The summed E-state index contributed by atoms with van der Waals surface area (Å²) in [5.74, 6) is -5.67. The fourth-order valence-electron chi connectivity index (χ4n) is 1.97. The third-order valence-corrected chi connectivity index (χ3v) is 4.42. The number of halogens is 4. The molecule has 0 radical (unpaired) electrons. The predicted octanol–water partition coefficient (Wildman–Crippen LogP) is 1.83. The van der Waals surface area contributed by atoms with Crippen LogP contribution in [0.5, 0.6) is 0 Å². The molecule has 0 amide bonds. The standard InChI is InChI=1S/C14H20F4O7S/c1-10(12(19)25-11-4-7-24-9-11)8-23-6-3-2-5-13(15,16)14(17,18)26(20,21)22/h11H,1-9H2,(H,20,21,22)/p-1. The summed E-state index contributed by atoms with van der Waals surface area (Å²) in [6, 6.07) is 0. The maximum atomic E-state index is 13.2. The van der Waals surface area contributed by atoms with Gasteiger partial charge in [-0.05, 0) is 12.8 Å². The van der Waals surface area contributed by atoms with Crippen molar-refractivity contribution in [1.29, 1.82) is 0 Å². The van der Waals surface area contributed by atoms with Crippen molar-refractivity contribution in [2.24, 2.45) is 0 Å². The molecule has 0 N–H and O–H groups in total. The van der Waals surface area contributed by atoms with Crippen molar-refractivity contribution in [3.8, 4) is 0 Å². The molecule has 1 rings (SSSR count). The molecule has 152 valence electrons. The number of alkyl halides is 4. The van der Waals surface area contributed by atoms with Crippen molar-refractivity contribution in [3.63, 3.8) is 0 Å². The molecule has 12 heteroatoms. The van der Waals surface area contributed by atoms with E-state index in [1.54, 1.807) is 0 Å². The van der Waals surface area contributed by atoms with Crippen molar-refractivity contribution in [2.75, 3.05) is 26.4 Å². The number of esters is 1. The molecule has 0 aromatic heterocycles. The molecule has 0 spiro atoms. The minimum absolute atomic E-state index is 0.00814. The highest BCUT2D eigenvalue weighted by Crippen LogP contribution is 2.41. The molecule has 1 aliphatic heterocycles. The van der Waals surface area contributed by atoms with Crippen LogP contribution < -0.4 is 0 Å². The zero-order valence-corrected chi connectivity index (χ0v) is 14.5. The minimum atomic E-state index is -6.47. The zero-order chi connectivity index (χ0) is 20.0. The summed E-state index contributed by atoms with van der Waals surface area (Å²) in [5, 5.41) is -5.68.